The minimum Gasteiger partial charge on any atom is -0.376 e. The molecule has 136 valence electrons. The number of anilines is 1. The standard InChI is InChI=1S/C18H15ClF3N3O/c19-15(9-13-5-2-1-3-6-13)11-24-25-17(26)12-23-16-8-4-7-14(10-16)18(20,21)22/h1-11,23H,12H2,(H,25,26)/b15-9+,24-11?. The molecule has 0 aliphatic heterocycles. The van der Waals surface area contributed by atoms with E-state index in [2.05, 4.69) is 15.8 Å². The number of carbonyl (C=O) groups is 1. The van der Waals surface area contributed by atoms with Gasteiger partial charge in [0, 0.05) is 5.69 Å². The molecular formula is C18H15ClF3N3O. The van der Waals surface area contributed by atoms with Crippen LogP contribution in [0.4, 0.5) is 18.9 Å². The predicted molar refractivity (Wildman–Crippen MR) is 96.8 cm³/mol. The molecule has 0 atom stereocenters. The lowest BCUT2D eigenvalue weighted by atomic mass is 10.2. The summed E-state index contributed by atoms with van der Waals surface area (Å²) < 4.78 is 37.9. The Hall–Kier alpha value is -2.80. The van der Waals surface area contributed by atoms with Crippen LogP contribution in [0.1, 0.15) is 11.1 Å². The van der Waals surface area contributed by atoms with Crippen LogP contribution in [0.25, 0.3) is 6.08 Å². The number of hydrazone groups is 1. The Morgan fingerprint density at radius 1 is 1.12 bits per heavy atom. The zero-order valence-electron chi connectivity index (χ0n) is 13.4. The third-order valence-corrected chi connectivity index (χ3v) is 3.33. The van der Waals surface area contributed by atoms with Gasteiger partial charge in [-0.25, -0.2) is 5.43 Å². The predicted octanol–water partition coefficient (Wildman–Crippen LogP) is 4.50. The van der Waals surface area contributed by atoms with Gasteiger partial charge < -0.3 is 5.32 Å². The molecule has 0 aliphatic rings. The minimum atomic E-state index is -4.44. The van der Waals surface area contributed by atoms with Crippen molar-refractivity contribution in [2.45, 2.75) is 6.18 Å². The number of hydrogen-bond acceptors (Lipinski definition) is 3. The molecule has 0 heterocycles. The molecule has 0 radical (unpaired) electrons. The summed E-state index contributed by atoms with van der Waals surface area (Å²) in [7, 11) is 0. The Labute approximate surface area is 153 Å². The maximum atomic E-state index is 12.6. The fraction of sp³-hybridized carbons (Fsp3) is 0.111. The molecule has 0 aromatic heterocycles. The van der Waals surface area contributed by atoms with Gasteiger partial charge in [0.15, 0.2) is 0 Å². The summed E-state index contributed by atoms with van der Waals surface area (Å²) in [6.07, 6.45) is -1.51. The van der Waals surface area contributed by atoms with Crippen molar-refractivity contribution >= 4 is 35.5 Å². The molecule has 0 spiro atoms. The molecule has 8 heteroatoms. The number of halogens is 4. The molecule has 0 saturated carbocycles. The van der Waals surface area contributed by atoms with E-state index in [1.165, 1.54) is 18.3 Å². The average Bonchev–Trinajstić information content (AvgIpc) is 2.60. The van der Waals surface area contributed by atoms with E-state index < -0.39 is 17.6 Å². The van der Waals surface area contributed by atoms with Gasteiger partial charge in [-0.05, 0) is 29.8 Å². The van der Waals surface area contributed by atoms with E-state index in [4.69, 9.17) is 11.6 Å². The van der Waals surface area contributed by atoms with Gasteiger partial charge in [0.25, 0.3) is 5.91 Å². The minimum absolute atomic E-state index is 0.181. The highest BCUT2D eigenvalue weighted by Gasteiger charge is 2.30. The number of benzene rings is 2. The van der Waals surface area contributed by atoms with Crippen molar-refractivity contribution in [1.29, 1.82) is 0 Å². The van der Waals surface area contributed by atoms with Crippen molar-refractivity contribution in [2.75, 3.05) is 11.9 Å². The number of allylic oxidation sites excluding steroid dienone is 1. The lowest BCUT2D eigenvalue weighted by Crippen LogP contribution is -2.25. The van der Waals surface area contributed by atoms with Crippen molar-refractivity contribution in [1.82, 2.24) is 5.43 Å². The van der Waals surface area contributed by atoms with Gasteiger partial charge in [-0.1, -0.05) is 48.0 Å². The van der Waals surface area contributed by atoms with Gasteiger partial charge in [-0.3, -0.25) is 4.79 Å². The quantitative estimate of drug-likeness (QED) is 0.572. The molecular weight excluding hydrogens is 367 g/mol. The molecule has 0 fully saturated rings. The molecule has 0 unspecified atom stereocenters. The summed E-state index contributed by atoms with van der Waals surface area (Å²) in [6.45, 7) is -0.237. The Bertz CT molecular complexity index is 805. The van der Waals surface area contributed by atoms with E-state index in [0.717, 1.165) is 17.7 Å². The number of alkyl halides is 3. The Morgan fingerprint density at radius 3 is 2.54 bits per heavy atom. The molecule has 2 aromatic rings. The van der Waals surface area contributed by atoms with Crippen molar-refractivity contribution in [3.63, 3.8) is 0 Å². The molecule has 4 nitrogen and oxygen atoms in total. The van der Waals surface area contributed by atoms with Crippen molar-refractivity contribution in [3.8, 4) is 0 Å². The summed E-state index contributed by atoms with van der Waals surface area (Å²) in [5.41, 5.74) is 2.50. The lowest BCUT2D eigenvalue weighted by Gasteiger charge is -2.09. The Kier molecular flexibility index (Phi) is 6.80. The van der Waals surface area contributed by atoms with Gasteiger partial charge in [0.1, 0.15) is 0 Å². The third kappa shape index (κ3) is 6.60. The number of carbonyl (C=O) groups excluding carboxylic acids is 1. The fourth-order valence-corrected chi connectivity index (χ4v) is 2.11. The summed E-state index contributed by atoms with van der Waals surface area (Å²) in [6, 6.07) is 13.9. The second-order valence-corrected chi connectivity index (χ2v) is 5.60. The van der Waals surface area contributed by atoms with Gasteiger partial charge in [0.2, 0.25) is 0 Å². The van der Waals surface area contributed by atoms with Crippen molar-refractivity contribution < 1.29 is 18.0 Å². The highest BCUT2D eigenvalue weighted by Crippen LogP contribution is 2.30. The summed E-state index contributed by atoms with van der Waals surface area (Å²) >= 11 is 5.97. The number of amides is 1. The zero-order chi connectivity index (χ0) is 19.0. The average molecular weight is 382 g/mol. The van der Waals surface area contributed by atoms with E-state index in [1.807, 2.05) is 30.3 Å². The summed E-state index contributed by atoms with van der Waals surface area (Å²) in [5, 5.41) is 6.60. The second-order valence-electron chi connectivity index (χ2n) is 5.17. The monoisotopic (exact) mass is 381 g/mol. The molecule has 0 saturated heterocycles. The highest BCUT2D eigenvalue weighted by molar-refractivity contribution is 6.41. The topological polar surface area (TPSA) is 53.5 Å². The van der Waals surface area contributed by atoms with Crippen LogP contribution >= 0.6 is 11.6 Å². The van der Waals surface area contributed by atoms with E-state index >= 15 is 0 Å². The number of nitrogens with zero attached hydrogens (tertiary/aromatic N) is 1. The first kappa shape index (κ1) is 19.5. The largest absolute Gasteiger partial charge is 0.416 e. The van der Waals surface area contributed by atoms with Gasteiger partial charge in [0.05, 0.1) is 23.4 Å². The van der Waals surface area contributed by atoms with E-state index in [0.29, 0.717) is 5.03 Å². The first-order chi connectivity index (χ1) is 12.3. The van der Waals surface area contributed by atoms with E-state index in [9.17, 15) is 18.0 Å². The number of rotatable bonds is 6. The normalized spacial score (nSPS) is 12.2. The summed E-state index contributed by atoms with van der Waals surface area (Å²) in [5.74, 6) is -0.525. The molecule has 1 amide bonds. The van der Waals surface area contributed by atoms with Gasteiger partial charge >= 0.3 is 6.18 Å². The van der Waals surface area contributed by atoms with Crippen LogP contribution in [0.15, 0.2) is 64.7 Å². The smallest absolute Gasteiger partial charge is 0.376 e. The van der Waals surface area contributed by atoms with Crippen LogP contribution < -0.4 is 10.7 Å². The number of hydrogen-bond donors (Lipinski definition) is 2. The second kappa shape index (κ2) is 9.05. The molecule has 0 aliphatic carbocycles. The maximum Gasteiger partial charge on any atom is 0.416 e. The SMILES string of the molecule is O=C(CNc1cccc(C(F)(F)F)c1)NN=C/C(Cl)=C\c1ccccc1. The highest BCUT2D eigenvalue weighted by atomic mass is 35.5. The lowest BCUT2D eigenvalue weighted by molar-refractivity contribution is -0.137. The van der Waals surface area contributed by atoms with Crippen LogP contribution in [0, 0.1) is 0 Å². The Balaban J connectivity index is 1.83. The van der Waals surface area contributed by atoms with E-state index in [1.54, 1.807) is 6.08 Å². The van der Waals surface area contributed by atoms with Crippen LogP contribution in [0.3, 0.4) is 0 Å². The molecule has 2 N–H and O–H groups in total. The van der Waals surface area contributed by atoms with Gasteiger partial charge in [-0.2, -0.15) is 18.3 Å². The fourth-order valence-electron chi connectivity index (χ4n) is 1.94. The van der Waals surface area contributed by atoms with Crippen molar-refractivity contribution in [2.24, 2.45) is 5.10 Å². The van der Waals surface area contributed by atoms with Crippen LogP contribution in [-0.4, -0.2) is 18.7 Å². The van der Waals surface area contributed by atoms with Crippen LogP contribution in [0.2, 0.25) is 0 Å². The van der Waals surface area contributed by atoms with Crippen LogP contribution in [-0.2, 0) is 11.0 Å². The maximum absolute atomic E-state index is 12.6. The molecule has 0 bridgehead atoms. The first-order valence-electron chi connectivity index (χ1n) is 7.50. The van der Waals surface area contributed by atoms with E-state index in [-0.39, 0.29) is 12.2 Å². The Morgan fingerprint density at radius 2 is 1.85 bits per heavy atom. The van der Waals surface area contributed by atoms with Crippen molar-refractivity contribution in [3.05, 3.63) is 70.8 Å². The molecule has 2 rings (SSSR count). The number of nitrogens with one attached hydrogen (secondary N) is 2. The van der Waals surface area contributed by atoms with Gasteiger partial charge in [-0.15, -0.1) is 0 Å². The first-order valence-corrected chi connectivity index (χ1v) is 7.88. The summed E-state index contributed by atoms with van der Waals surface area (Å²) in [4.78, 5) is 11.7. The molecule has 26 heavy (non-hydrogen) atoms. The molecule has 2 aromatic carbocycles. The van der Waals surface area contributed by atoms with Crippen LogP contribution in [0.5, 0.6) is 0 Å². The zero-order valence-corrected chi connectivity index (χ0v) is 14.2. The third-order valence-electron chi connectivity index (χ3n) is 3.12.